The number of benzene rings is 2. The van der Waals surface area contributed by atoms with E-state index in [1.165, 1.54) is 33.1 Å². The largest absolute Gasteiger partial charge is 0.504 e. The Balaban J connectivity index is 0.925. The summed E-state index contributed by atoms with van der Waals surface area (Å²) in [5.74, 6) is -9.02. The van der Waals surface area contributed by atoms with Gasteiger partial charge in [-0.15, -0.1) is 10.2 Å². The zero-order chi connectivity index (χ0) is 69.8. The summed E-state index contributed by atoms with van der Waals surface area (Å²) in [5.41, 5.74) is 2.04. The zero-order valence-corrected chi connectivity index (χ0v) is 56.1. The Bertz CT molecular complexity index is 3260. The number of aliphatic hydroxyl groups is 8. The van der Waals surface area contributed by atoms with E-state index in [0.29, 0.717) is 25.0 Å². The van der Waals surface area contributed by atoms with Gasteiger partial charge in [-0.1, -0.05) is 43.6 Å². The molecular weight excluding hydrogens is 1310 g/mol. The lowest BCUT2D eigenvalue weighted by Crippen LogP contribution is -2.64. The summed E-state index contributed by atoms with van der Waals surface area (Å²) in [6.45, 7) is 2.08. The number of β-amino-alcohol motifs (C(OH)–C–C–N with tert-alkyl or cyclic N) is 1. The molecule has 6 fully saturated rings. The van der Waals surface area contributed by atoms with Crippen molar-refractivity contribution in [2.24, 2.45) is 11.8 Å². The van der Waals surface area contributed by atoms with E-state index in [0.717, 1.165) is 101 Å². The van der Waals surface area contributed by atoms with Crippen molar-refractivity contribution in [1.82, 2.24) is 51.9 Å². The molecule has 13 atom stereocenters. The number of nitrogens with one attached hydrogen (secondary N) is 6. The van der Waals surface area contributed by atoms with Crippen LogP contribution in [0.25, 0.3) is 10.6 Å². The van der Waals surface area contributed by atoms with Gasteiger partial charge < -0.3 is 101 Å². The number of hydrogen-bond donors (Lipinski definition) is 16. The Morgan fingerprint density at radius 2 is 1.39 bits per heavy atom. The highest BCUT2D eigenvalue weighted by atomic mass is 32.3. The van der Waals surface area contributed by atoms with E-state index in [4.69, 9.17) is 4.74 Å². The van der Waals surface area contributed by atoms with Crippen LogP contribution in [-0.2, 0) is 50.3 Å². The Morgan fingerprint density at radius 1 is 0.732 bits per heavy atom. The maximum Gasteiger partial charge on any atom is 0.446 e. The van der Waals surface area contributed by atoms with E-state index in [1.807, 2.05) is 0 Å². The number of aliphatic hydroxyl groups excluding tert-OH is 8. The number of carbonyl (C=O) groups excluding carboxylic acids is 6. The van der Waals surface area contributed by atoms with Crippen LogP contribution in [0, 0.1) is 11.8 Å². The maximum atomic E-state index is 15.0. The van der Waals surface area contributed by atoms with E-state index in [-0.39, 0.29) is 37.0 Å². The molecule has 5 heterocycles. The van der Waals surface area contributed by atoms with Gasteiger partial charge in [0, 0.05) is 68.7 Å². The number of fused-ring (bicyclic) bond motifs is 2. The van der Waals surface area contributed by atoms with Gasteiger partial charge >= 0.3 is 10.4 Å². The van der Waals surface area contributed by atoms with Crippen LogP contribution in [0.5, 0.6) is 11.5 Å². The third kappa shape index (κ3) is 19.8. The van der Waals surface area contributed by atoms with Crippen molar-refractivity contribution in [2.75, 3.05) is 63.9 Å². The second-order valence-corrected chi connectivity index (χ2v) is 28.9. The number of rotatable bonds is 21. The molecule has 2 saturated carbocycles. The smallest absolute Gasteiger partial charge is 0.446 e. The number of aromatic nitrogens is 2. The topological polar surface area (TPSA) is 465 Å². The summed E-state index contributed by atoms with van der Waals surface area (Å²) < 4.78 is 43.6. The molecule has 0 radical (unpaired) electrons. The highest BCUT2D eigenvalue weighted by Gasteiger charge is 2.50. The van der Waals surface area contributed by atoms with Crippen LogP contribution in [0.4, 0.5) is 5.69 Å². The van der Waals surface area contributed by atoms with Gasteiger partial charge in [0.2, 0.25) is 35.4 Å². The molecule has 4 saturated heterocycles. The van der Waals surface area contributed by atoms with E-state index in [1.54, 1.807) is 11.3 Å². The molecule has 2 aliphatic carbocycles. The minimum Gasteiger partial charge on any atom is -0.504 e. The number of carbonyl (C=O) groups is 6. The molecule has 33 heteroatoms. The summed E-state index contributed by atoms with van der Waals surface area (Å²) in [4.78, 5) is 92.4. The van der Waals surface area contributed by atoms with E-state index in [9.17, 15) is 87.7 Å². The van der Waals surface area contributed by atoms with Gasteiger partial charge in [-0.3, -0.25) is 33.3 Å². The highest BCUT2D eigenvalue weighted by molar-refractivity contribution is 7.81. The molecule has 4 aliphatic heterocycles. The van der Waals surface area contributed by atoms with Crippen LogP contribution in [0.1, 0.15) is 120 Å². The Kier molecular flexibility index (Phi) is 26.4. The minimum absolute atomic E-state index is 0.00163. The number of nitrogens with zero attached hydrogens (tertiary/aromatic N) is 5. The van der Waals surface area contributed by atoms with Gasteiger partial charge in [0.25, 0.3) is 0 Å². The summed E-state index contributed by atoms with van der Waals surface area (Å²) >= 11 is 1.55. The number of amides is 6. The molecule has 16 N–H and O–H groups in total. The molecule has 1 aromatic heterocycles. The fourth-order valence-electron chi connectivity index (χ4n) is 14.0. The molecule has 2 aromatic carbocycles. The van der Waals surface area contributed by atoms with Gasteiger partial charge in [-0.2, -0.15) is 8.42 Å². The number of piperidine rings is 1. The van der Waals surface area contributed by atoms with Crippen LogP contribution < -0.4 is 41.0 Å². The fourth-order valence-corrected chi connectivity index (χ4v) is 15.3. The summed E-state index contributed by atoms with van der Waals surface area (Å²) in [7, 11) is -5.22. The number of ether oxygens (including phenoxy) is 1. The predicted octanol–water partition coefficient (Wildman–Crippen LogP) is -2.17. The molecule has 0 unspecified atom stereocenters. The average molecular weight is 1400 g/mol. The first-order valence-electron chi connectivity index (χ1n) is 33.7. The molecular formula is C64H95N11O20S2. The minimum atomic E-state index is -5.22. The van der Waals surface area contributed by atoms with Gasteiger partial charge in [-0.05, 0) is 132 Å². The lowest BCUT2D eigenvalue weighted by Gasteiger charge is -2.36. The molecule has 0 spiro atoms. The number of hydrogen-bond acceptors (Lipinski definition) is 25. The summed E-state index contributed by atoms with van der Waals surface area (Å²) in [5, 5.41) is 126. The lowest BCUT2D eigenvalue weighted by molar-refractivity contribution is -0.147. The molecule has 6 amide bonds. The lowest BCUT2D eigenvalue weighted by atomic mass is 9.82. The normalized spacial score (nSPS) is 29.2. The molecule has 31 nitrogen and oxygen atoms in total. The molecule has 538 valence electrons. The quantitative estimate of drug-likeness (QED) is 0.0505. The first-order chi connectivity index (χ1) is 46.3. The summed E-state index contributed by atoms with van der Waals surface area (Å²) in [6, 6.07) is -0.353. The van der Waals surface area contributed by atoms with Crippen LogP contribution >= 0.6 is 11.3 Å². The average Bonchev–Trinajstić information content (AvgIpc) is 1.69. The van der Waals surface area contributed by atoms with Gasteiger partial charge in [0.15, 0.2) is 11.5 Å². The van der Waals surface area contributed by atoms with Gasteiger partial charge in [0.1, 0.15) is 40.2 Å². The van der Waals surface area contributed by atoms with Crippen molar-refractivity contribution in [2.45, 2.75) is 207 Å². The van der Waals surface area contributed by atoms with Crippen molar-refractivity contribution in [3.05, 3.63) is 53.0 Å². The number of phenolic OH excluding ortho intramolecular Hbond substituents is 1. The third-order valence-corrected chi connectivity index (χ3v) is 21.1. The summed E-state index contributed by atoms with van der Waals surface area (Å²) in [6.07, 6.45) is -0.492. The molecule has 0 bridgehead atoms. The fraction of sp³-hybridized carbons (Fsp3) is 0.688. The zero-order valence-electron chi connectivity index (χ0n) is 54.5. The highest BCUT2D eigenvalue weighted by Crippen LogP contribution is 2.39. The van der Waals surface area contributed by atoms with E-state index in [2.05, 4.69) is 75.4 Å². The SMILES string of the molecule is C[C@@H](O)[C@@H]1NC(=O)[C@@H](NCC2CCC(c3nnc(-c4ccc(N5CCC(OC6CCCCC6)CC5)cc4)s3)CC2)C[C@@H](O)CNC(=O)[C@@H]2[C@@H](O)[C@@H](C)CN2C(=O)[C@H]([C@H](O)CCNC(CO)CO)NC(=O)[C@H]([C@H](O)Cc2ccc(O)c(OS(=O)(=O)O)c2)NC(=O)[C@@H]2C[C@@H](O)CN2C1=O. The van der Waals surface area contributed by atoms with Crippen molar-refractivity contribution in [3.8, 4) is 22.1 Å². The van der Waals surface area contributed by atoms with Gasteiger partial charge in [-0.25, -0.2) is 0 Å². The Morgan fingerprint density at radius 3 is 2.06 bits per heavy atom. The molecule has 9 rings (SSSR count). The van der Waals surface area contributed by atoms with Gasteiger partial charge in [0.05, 0.1) is 74.1 Å². The number of phenols is 1. The first-order valence-corrected chi connectivity index (χ1v) is 35.9. The second-order valence-electron chi connectivity index (χ2n) is 26.8. The Labute approximate surface area is 567 Å². The monoisotopic (exact) mass is 1400 g/mol. The van der Waals surface area contributed by atoms with Crippen molar-refractivity contribution >= 4 is 62.9 Å². The molecule has 3 aromatic rings. The van der Waals surface area contributed by atoms with Crippen LogP contribution in [-0.4, -0.2) is 265 Å². The Hall–Kier alpha value is -6.31. The number of anilines is 1. The number of aromatic hydroxyl groups is 1. The third-order valence-electron chi connectivity index (χ3n) is 19.6. The second kappa shape index (κ2) is 34.2. The molecule has 6 aliphatic rings. The van der Waals surface area contributed by atoms with E-state index < -0.39 is 194 Å². The first kappa shape index (κ1) is 74.9. The van der Waals surface area contributed by atoms with E-state index >= 15 is 0 Å². The predicted molar refractivity (Wildman–Crippen MR) is 350 cm³/mol. The van der Waals surface area contributed by atoms with Crippen molar-refractivity contribution < 1.29 is 96.6 Å². The van der Waals surface area contributed by atoms with Crippen LogP contribution in [0.2, 0.25) is 0 Å². The van der Waals surface area contributed by atoms with Crippen molar-refractivity contribution in [1.29, 1.82) is 0 Å². The van der Waals surface area contributed by atoms with Crippen LogP contribution in [0.3, 0.4) is 0 Å². The maximum absolute atomic E-state index is 15.0. The standard InChI is InChI=1S/C64H95N11O20S2/c1-34-30-75-55(56(34)84)60(88)67-29-42(79)26-46(66-28-36-8-11-38(12-9-36)61-71-72-62(96-61)39-13-15-41(16-14-39)73-22-19-45(20-23-73)94-44-6-4-3-5-7-44)57(85)68-52(35(2)78)63(89)74-31-43(80)27-47(74)58(86)69-53(50(83)24-37-10-17-48(81)51(25-37)95-97(91,92)93)59(87)70-54(64(75)90)49(82)18-21-65-40(32-76)33-77/h10,13-17,25,34-36,38,40,42-47,49-50,52-56,65-66,76-84H,3-9,11-12,18-24,26-33H2,1-2H3,(H,67,88)(H,68,85)(H,69,86)(H,70,87)(H,91,92,93)/t34-,35+,36?,38?,42+,43+,46-,47-,49+,50+,52-,53-,54-,55-,56-/m0/s1. The van der Waals surface area contributed by atoms with Crippen LogP contribution in [0.15, 0.2) is 42.5 Å². The molecule has 97 heavy (non-hydrogen) atoms. The van der Waals surface area contributed by atoms with Crippen molar-refractivity contribution in [3.63, 3.8) is 0 Å².